The predicted octanol–water partition coefficient (Wildman–Crippen LogP) is 3.37. The number of carbonyl (C=O) groups is 2. The number of hydrogen-bond acceptors (Lipinski definition) is 5. The third kappa shape index (κ3) is 3.88. The number of amides is 2. The lowest BCUT2D eigenvalue weighted by Crippen LogP contribution is -2.46. The maximum absolute atomic E-state index is 12.7. The zero-order valence-electron chi connectivity index (χ0n) is 15.3. The van der Waals surface area contributed by atoms with Crippen LogP contribution in [-0.4, -0.2) is 42.8 Å². The Morgan fingerprint density at radius 3 is 2.73 bits per heavy atom. The summed E-state index contributed by atoms with van der Waals surface area (Å²) in [6.45, 7) is 3.98. The van der Waals surface area contributed by atoms with Gasteiger partial charge < -0.3 is 24.8 Å². The number of esters is 1. The first kappa shape index (κ1) is 19.9. The molecule has 2 N–H and O–H groups in total. The van der Waals surface area contributed by atoms with Gasteiger partial charge in [0.2, 0.25) is 0 Å². The molecule has 7 nitrogen and oxygen atoms in total. The highest BCUT2D eigenvalue weighted by atomic mass is 35.5. The molecule has 1 aromatic carbocycles. The summed E-state index contributed by atoms with van der Waals surface area (Å²) in [6.07, 6.45) is 1.65. The van der Waals surface area contributed by atoms with Crippen molar-refractivity contribution in [3.05, 3.63) is 34.0 Å². The zero-order chi connectivity index (χ0) is 19.4. The molecule has 8 heteroatoms. The normalized spacial score (nSPS) is 17.2. The summed E-state index contributed by atoms with van der Waals surface area (Å²) in [7, 11) is 2.97. The fourth-order valence-corrected chi connectivity index (χ4v) is 2.87. The molecule has 0 saturated heterocycles. The van der Waals surface area contributed by atoms with Crippen LogP contribution >= 0.6 is 11.6 Å². The molecule has 1 aliphatic rings. The molecule has 0 radical (unpaired) electrons. The maximum Gasteiger partial charge on any atom is 0.338 e. The monoisotopic (exact) mass is 382 g/mol. The molecule has 2 rings (SSSR count). The van der Waals surface area contributed by atoms with Gasteiger partial charge in [-0.05, 0) is 31.0 Å². The van der Waals surface area contributed by atoms with Gasteiger partial charge in [-0.2, -0.15) is 0 Å². The van der Waals surface area contributed by atoms with Crippen molar-refractivity contribution in [1.29, 1.82) is 0 Å². The van der Waals surface area contributed by atoms with Gasteiger partial charge in [-0.15, -0.1) is 0 Å². The highest BCUT2D eigenvalue weighted by Crippen LogP contribution is 2.39. The second kappa shape index (κ2) is 8.31. The number of urea groups is 1. The molecular formula is C18H23ClN2O5. The standard InChI is InChI=1S/C18H23ClN2O5/c1-5-6-7-26-17(23)14-10(2)21(3)18(24)20-15(14)11-8-12(19)16(22)13(9-11)25-4/h8-9,15,22H,5-7H2,1-4H3,(H,20,24)/t15-/m1/s1. The zero-order valence-corrected chi connectivity index (χ0v) is 16.0. The molecule has 1 heterocycles. The second-order valence-corrected chi connectivity index (χ2v) is 6.39. The van der Waals surface area contributed by atoms with Crippen LogP contribution in [0.2, 0.25) is 5.02 Å². The molecule has 142 valence electrons. The highest BCUT2D eigenvalue weighted by Gasteiger charge is 2.35. The fourth-order valence-electron chi connectivity index (χ4n) is 2.65. The largest absolute Gasteiger partial charge is 0.503 e. The van der Waals surface area contributed by atoms with E-state index in [-0.39, 0.29) is 22.6 Å². The number of nitrogens with one attached hydrogen (secondary N) is 1. The van der Waals surface area contributed by atoms with Gasteiger partial charge in [-0.25, -0.2) is 9.59 Å². The summed E-state index contributed by atoms with van der Waals surface area (Å²) in [5, 5.41) is 12.8. The molecule has 0 aliphatic carbocycles. The van der Waals surface area contributed by atoms with Crippen LogP contribution in [-0.2, 0) is 9.53 Å². The second-order valence-electron chi connectivity index (χ2n) is 5.98. The van der Waals surface area contributed by atoms with E-state index >= 15 is 0 Å². The first-order valence-corrected chi connectivity index (χ1v) is 8.68. The van der Waals surface area contributed by atoms with Gasteiger partial charge in [-0.1, -0.05) is 24.9 Å². The first-order valence-electron chi connectivity index (χ1n) is 8.30. The molecule has 0 unspecified atom stereocenters. The maximum atomic E-state index is 12.7. The topological polar surface area (TPSA) is 88.1 Å². The van der Waals surface area contributed by atoms with Crippen LogP contribution in [0, 0.1) is 0 Å². The Labute approximate surface area is 157 Å². The van der Waals surface area contributed by atoms with Gasteiger partial charge in [-0.3, -0.25) is 0 Å². The minimum atomic E-state index is -0.764. The van der Waals surface area contributed by atoms with E-state index in [1.165, 1.54) is 24.1 Å². The average Bonchev–Trinajstić information content (AvgIpc) is 2.61. The van der Waals surface area contributed by atoms with Crippen molar-refractivity contribution in [3.8, 4) is 11.5 Å². The molecule has 1 aliphatic heterocycles. The lowest BCUT2D eigenvalue weighted by atomic mass is 9.94. The minimum absolute atomic E-state index is 0.0591. The minimum Gasteiger partial charge on any atom is -0.503 e. The molecule has 0 saturated carbocycles. The number of ether oxygens (including phenoxy) is 2. The Balaban J connectivity index is 2.49. The first-order chi connectivity index (χ1) is 12.3. The lowest BCUT2D eigenvalue weighted by molar-refractivity contribution is -0.139. The van der Waals surface area contributed by atoms with E-state index in [1.807, 2.05) is 6.92 Å². The van der Waals surface area contributed by atoms with Gasteiger partial charge in [0.25, 0.3) is 0 Å². The van der Waals surface area contributed by atoms with Crippen LogP contribution in [0.3, 0.4) is 0 Å². The molecule has 0 bridgehead atoms. The van der Waals surface area contributed by atoms with Crippen molar-refractivity contribution in [1.82, 2.24) is 10.2 Å². The van der Waals surface area contributed by atoms with Crippen LogP contribution in [0.15, 0.2) is 23.4 Å². The van der Waals surface area contributed by atoms with Gasteiger partial charge in [0.15, 0.2) is 11.5 Å². The number of phenolic OH excluding ortho intramolecular Hbond substituents is 1. The van der Waals surface area contributed by atoms with E-state index in [2.05, 4.69) is 5.32 Å². The van der Waals surface area contributed by atoms with Gasteiger partial charge in [0.1, 0.15) is 0 Å². The summed E-state index contributed by atoms with van der Waals surface area (Å²) in [5.74, 6) is -0.557. The molecule has 0 fully saturated rings. The number of hydrogen-bond donors (Lipinski definition) is 2. The Morgan fingerprint density at radius 2 is 2.12 bits per heavy atom. The van der Waals surface area contributed by atoms with Gasteiger partial charge in [0, 0.05) is 12.7 Å². The average molecular weight is 383 g/mol. The van der Waals surface area contributed by atoms with Crippen molar-refractivity contribution in [2.45, 2.75) is 32.7 Å². The number of methoxy groups -OCH3 is 1. The summed E-state index contributed by atoms with van der Waals surface area (Å²) in [4.78, 5) is 26.2. The number of benzene rings is 1. The van der Waals surface area contributed by atoms with Crippen molar-refractivity contribution in [2.75, 3.05) is 20.8 Å². The molecular weight excluding hydrogens is 360 g/mol. The number of allylic oxidation sites excluding steroid dienone is 1. The SMILES string of the molecule is CCCCOC(=O)C1=C(C)N(C)C(=O)N[C@@H]1c1cc(Cl)c(O)c(OC)c1. The molecule has 26 heavy (non-hydrogen) atoms. The van der Waals surface area contributed by atoms with Crippen molar-refractivity contribution in [3.63, 3.8) is 0 Å². The number of nitrogens with zero attached hydrogens (tertiary/aromatic N) is 1. The predicted molar refractivity (Wildman–Crippen MR) is 97.3 cm³/mol. The Kier molecular flexibility index (Phi) is 6.37. The number of halogens is 1. The quantitative estimate of drug-likeness (QED) is 0.581. The van der Waals surface area contributed by atoms with Crippen molar-refractivity contribution < 1.29 is 24.2 Å². The van der Waals surface area contributed by atoms with E-state index < -0.39 is 12.0 Å². The van der Waals surface area contributed by atoms with Gasteiger partial charge in [0.05, 0.1) is 30.4 Å². The number of unbranched alkanes of at least 4 members (excludes halogenated alkanes) is 1. The molecule has 0 aromatic heterocycles. The number of carbonyl (C=O) groups excluding carboxylic acids is 2. The molecule has 1 atom stereocenters. The molecule has 2 amide bonds. The summed E-state index contributed by atoms with van der Waals surface area (Å²) in [6, 6.07) is 1.90. The lowest BCUT2D eigenvalue weighted by Gasteiger charge is -2.33. The van der Waals surface area contributed by atoms with E-state index in [0.717, 1.165) is 12.8 Å². The summed E-state index contributed by atoms with van der Waals surface area (Å²) in [5.41, 5.74) is 1.31. The number of rotatable bonds is 6. The Morgan fingerprint density at radius 1 is 1.42 bits per heavy atom. The van der Waals surface area contributed by atoms with Gasteiger partial charge >= 0.3 is 12.0 Å². The van der Waals surface area contributed by atoms with E-state index in [4.69, 9.17) is 21.1 Å². The van der Waals surface area contributed by atoms with E-state index in [0.29, 0.717) is 23.4 Å². The Bertz CT molecular complexity index is 747. The van der Waals surface area contributed by atoms with Crippen LogP contribution in [0.5, 0.6) is 11.5 Å². The van der Waals surface area contributed by atoms with Crippen molar-refractivity contribution >= 4 is 23.6 Å². The number of aromatic hydroxyl groups is 1. The Hall–Kier alpha value is -2.41. The van der Waals surface area contributed by atoms with Crippen LogP contribution in [0.25, 0.3) is 0 Å². The van der Waals surface area contributed by atoms with Crippen LogP contribution in [0.4, 0.5) is 4.79 Å². The molecule has 0 spiro atoms. The summed E-state index contributed by atoms with van der Waals surface area (Å²) < 4.78 is 10.5. The highest BCUT2D eigenvalue weighted by molar-refractivity contribution is 6.32. The van der Waals surface area contributed by atoms with E-state index in [1.54, 1.807) is 14.0 Å². The van der Waals surface area contributed by atoms with Crippen LogP contribution in [0.1, 0.15) is 38.3 Å². The molecule has 1 aromatic rings. The number of phenols is 1. The van der Waals surface area contributed by atoms with Crippen LogP contribution < -0.4 is 10.1 Å². The third-order valence-electron chi connectivity index (χ3n) is 4.31. The summed E-state index contributed by atoms with van der Waals surface area (Å²) >= 11 is 6.06. The smallest absolute Gasteiger partial charge is 0.338 e. The van der Waals surface area contributed by atoms with E-state index in [9.17, 15) is 14.7 Å². The van der Waals surface area contributed by atoms with Crippen molar-refractivity contribution in [2.24, 2.45) is 0 Å². The fraction of sp³-hybridized carbons (Fsp3) is 0.444. The third-order valence-corrected chi connectivity index (χ3v) is 4.60.